The van der Waals surface area contributed by atoms with E-state index in [1.807, 2.05) is 25.9 Å². The molecule has 1 aliphatic rings. The first-order chi connectivity index (χ1) is 7.61. The van der Waals surface area contributed by atoms with Crippen molar-refractivity contribution in [2.45, 2.75) is 52.2 Å². The Hall–Kier alpha value is -0.120. The van der Waals surface area contributed by atoms with Crippen molar-refractivity contribution in [3.8, 4) is 0 Å². The topological polar surface area (TPSA) is 35.5 Å². The molecule has 102 valence electrons. The molecule has 0 saturated heterocycles. The Morgan fingerprint density at radius 1 is 1.35 bits per heavy atom. The predicted molar refractivity (Wildman–Crippen MR) is 73.1 cm³/mol. The van der Waals surface area contributed by atoms with Crippen LogP contribution in [0, 0.1) is 11.3 Å². The molecule has 1 fully saturated rings. The number of hydrogen-bond donors (Lipinski definition) is 2. The summed E-state index contributed by atoms with van der Waals surface area (Å²) in [6, 6.07) is 0.554. The van der Waals surface area contributed by atoms with Crippen LogP contribution in [0.25, 0.3) is 0 Å². The molecule has 0 bridgehead atoms. The van der Waals surface area contributed by atoms with Crippen molar-refractivity contribution in [2.24, 2.45) is 11.3 Å². The Labute approximate surface area is 107 Å². The van der Waals surface area contributed by atoms with E-state index in [1.165, 1.54) is 12.8 Å². The van der Waals surface area contributed by atoms with Crippen LogP contribution in [0.15, 0.2) is 0 Å². The van der Waals surface area contributed by atoms with Gasteiger partial charge in [0.05, 0.1) is 5.60 Å². The molecule has 1 saturated carbocycles. The SMILES string of the molecule is CC1CC(C)(C)CC1NCC(C)(O)CN(C)C. The van der Waals surface area contributed by atoms with Gasteiger partial charge in [0.15, 0.2) is 0 Å². The lowest BCUT2D eigenvalue weighted by molar-refractivity contribution is 0.0302. The second-order valence-electron chi connectivity index (χ2n) is 7.27. The smallest absolute Gasteiger partial charge is 0.0869 e. The predicted octanol–water partition coefficient (Wildman–Crippen LogP) is 1.71. The van der Waals surface area contributed by atoms with Crippen molar-refractivity contribution in [2.75, 3.05) is 27.2 Å². The van der Waals surface area contributed by atoms with Crippen LogP contribution in [0.4, 0.5) is 0 Å². The number of hydrogen-bond acceptors (Lipinski definition) is 3. The third kappa shape index (κ3) is 4.94. The zero-order chi connectivity index (χ0) is 13.3. The summed E-state index contributed by atoms with van der Waals surface area (Å²) in [5.41, 5.74) is -0.194. The Bertz CT molecular complexity index is 249. The molecule has 0 aromatic carbocycles. The molecule has 0 spiro atoms. The molecular weight excluding hydrogens is 212 g/mol. The van der Waals surface area contributed by atoms with Crippen LogP contribution in [0.3, 0.4) is 0 Å². The Balaban J connectivity index is 2.41. The van der Waals surface area contributed by atoms with Crippen LogP contribution in [0.5, 0.6) is 0 Å². The van der Waals surface area contributed by atoms with E-state index in [0.29, 0.717) is 30.5 Å². The van der Waals surface area contributed by atoms with Crippen LogP contribution in [0.2, 0.25) is 0 Å². The molecule has 0 radical (unpaired) electrons. The van der Waals surface area contributed by atoms with Crippen LogP contribution < -0.4 is 5.32 Å². The fourth-order valence-electron chi connectivity index (χ4n) is 3.26. The Kier molecular flexibility index (Phi) is 4.61. The van der Waals surface area contributed by atoms with Gasteiger partial charge in [-0.3, -0.25) is 0 Å². The van der Waals surface area contributed by atoms with Crippen LogP contribution in [0.1, 0.15) is 40.5 Å². The second kappa shape index (κ2) is 5.25. The molecule has 0 aromatic rings. The normalized spacial score (nSPS) is 31.8. The van der Waals surface area contributed by atoms with Crippen molar-refractivity contribution < 1.29 is 5.11 Å². The Morgan fingerprint density at radius 3 is 2.35 bits per heavy atom. The minimum absolute atomic E-state index is 0.449. The van der Waals surface area contributed by atoms with Crippen molar-refractivity contribution in [3.63, 3.8) is 0 Å². The van der Waals surface area contributed by atoms with E-state index in [0.717, 1.165) is 0 Å². The van der Waals surface area contributed by atoms with Gasteiger partial charge in [-0.1, -0.05) is 20.8 Å². The van der Waals surface area contributed by atoms with Gasteiger partial charge in [0.1, 0.15) is 0 Å². The van der Waals surface area contributed by atoms with Gasteiger partial charge < -0.3 is 15.3 Å². The number of nitrogens with one attached hydrogen (secondary N) is 1. The summed E-state index contributed by atoms with van der Waals surface area (Å²) in [6.45, 7) is 10.3. The fraction of sp³-hybridized carbons (Fsp3) is 1.00. The summed E-state index contributed by atoms with van der Waals surface area (Å²) < 4.78 is 0. The second-order valence-corrected chi connectivity index (χ2v) is 7.27. The van der Waals surface area contributed by atoms with E-state index in [1.54, 1.807) is 0 Å². The molecule has 1 aliphatic carbocycles. The highest BCUT2D eigenvalue weighted by molar-refractivity contribution is 4.92. The van der Waals surface area contributed by atoms with Gasteiger partial charge in [-0.2, -0.15) is 0 Å². The molecule has 17 heavy (non-hydrogen) atoms. The van der Waals surface area contributed by atoms with Crippen LogP contribution >= 0.6 is 0 Å². The fourth-order valence-corrected chi connectivity index (χ4v) is 3.26. The summed E-state index contributed by atoms with van der Waals surface area (Å²) in [5.74, 6) is 0.708. The molecule has 1 rings (SSSR count). The Morgan fingerprint density at radius 2 is 1.94 bits per heavy atom. The lowest BCUT2D eigenvalue weighted by atomic mass is 9.91. The molecule has 0 aliphatic heterocycles. The molecule has 3 nitrogen and oxygen atoms in total. The van der Waals surface area contributed by atoms with Crippen molar-refractivity contribution in [1.29, 1.82) is 0 Å². The molecule has 0 amide bonds. The molecule has 2 N–H and O–H groups in total. The van der Waals surface area contributed by atoms with Crippen molar-refractivity contribution in [1.82, 2.24) is 10.2 Å². The summed E-state index contributed by atoms with van der Waals surface area (Å²) in [7, 11) is 3.99. The first-order valence-electron chi connectivity index (χ1n) is 6.72. The number of aliphatic hydroxyl groups is 1. The van der Waals surface area contributed by atoms with Gasteiger partial charge >= 0.3 is 0 Å². The molecule has 3 heteroatoms. The maximum atomic E-state index is 10.3. The maximum Gasteiger partial charge on any atom is 0.0869 e. The van der Waals surface area contributed by atoms with Crippen molar-refractivity contribution in [3.05, 3.63) is 0 Å². The van der Waals surface area contributed by atoms with E-state index < -0.39 is 5.60 Å². The minimum Gasteiger partial charge on any atom is -0.388 e. The van der Waals surface area contributed by atoms with Gasteiger partial charge in [0.25, 0.3) is 0 Å². The van der Waals surface area contributed by atoms with E-state index >= 15 is 0 Å². The van der Waals surface area contributed by atoms with Gasteiger partial charge in [-0.15, -0.1) is 0 Å². The highest BCUT2D eigenvalue weighted by atomic mass is 16.3. The molecule has 3 unspecified atom stereocenters. The van der Waals surface area contributed by atoms with Crippen LogP contribution in [-0.4, -0.2) is 48.8 Å². The largest absolute Gasteiger partial charge is 0.388 e. The molecular formula is C14H30N2O. The number of rotatable bonds is 5. The van der Waals surface area contributed by atoms with Gasteiger partial charge in [0, 0.05) is 19.1 Å². The summed E-state index contributed by atoms with van der Waals surface area (Å²) >= 11 is 0. The van der Waals surface area contributed by atoms with E-state index in [-0.39, 0.29) is 0 Å². The van der Waals surface area contributed by atoms with Gasteiger partial charge in [-0.05, 0) is 45.2 Å². The van der Waals surface area contributed by atoms with Crippen LogP contribution in [-0.2, 0) is 0 Å². The maximum absolute atomic E-state index is 10.3. The third-order valence-corrected chi connectivity index (χ3v) is 3.74. The standard InChI is InChI=1S/C14H30N2O/c1-11-7-13(2,3)8-12(11)15-9-14(4,17)10-16(5)6/h11-12,15,17H,7-10H2,1-6H3. The molecule has 3 atom stereocenters. The van der Waals surface area contributed by atoms with Gasteiger partial charge in [-0.25, -0.2) is 0 Å². The highest BCUT2D eigenvalue weighted by Crippen LogP contribution is 2.40. The number of likely N-dealkylation sites (N-methyl/N-ethyl adjacent to an activating group) is 1. The summed E-state index contributed by atoms with van der Waals surface area (Å²) in [6.07, 6.45) is 2.49. The third-order valence-electron chi connectivity index (χ3n) is 3.74. The van der Waals surface area contributed by atoms with Gasteiger partial charge in [0.2, 0.25) is 0 Å². The monoisotopic (exact) mass is 242 g/mol. The summed E-state index contributed by atoms with van der Waals surface area (Å²) in [5, 5.41) is 13.8. The number of nitrogens with zero attached hydrogens (tertiary/aromatic N) is 1. The lowest BCUT2D eigenvalue weighted by Crippen LogP contribution is -2.48. The molecule has 0 heterocycles. The lowest BCUT2D eigenvalue weighted by Gasteiger charge is -2.30. The van der Waals surface area contributed by atoms with E-state index in [9.17, 15) is 5.11 Å². The first-order valence-corrected chi connectivity index (χ1v) is 6.72. The quantitative estimate of drug-likeness (QED) is 0.770. The summed E-state index contributed by atoms with van der Waals surface area (Å²) in [4.78, 5) is 2.03. The van der Waals surface area contributed by atoms with E-state index in [4.69, 9.17) is 0 Å². The zero-order valence-electron chi connectivity index (χ0n) is 12.4. The molecule has 0 aromatic heterocycles. The first kappa shape index (κ1) is 14.9. The van der Waals surface area contributed by atoms with E-state index in [2.05, 4.69) is 26.1 Å². The highest BCUT2D eigenvalue weighted by Gasteiger charge is 2.37. The average Bonchev–Trinajstić information content (AvgIpc) is 2.34. The zero-order valence-corrected chi connectivity index (χ0v) is 12.4. The average molecular weight is 242 g/mol. The van der Waals surface area contributed by atoms with Crippen molar-refractivity contribution >= 4 is 0 Å². The minimum atomic E-state index is -0.643.